The summed E-state index contributed by atoms with van der Waals surface area (Å²) in [6.07, 6.45) is 4.17. The lowest BCUT2D eigenvalue weighted by Gasteiger charge is -2.31. The molecule has 0 aromatic carbocycles. The summed E-state index contributed by atoms with van der Waals surface area (Å²) >= 11 is 1.69. The number of hydrogen-bond acceptors (Lipinski definition) is 5. The molecule has 2 aliphatic rings. The summed E-state index contributed by atoms with van der Waals surface area (Å²) in [5, 5.41) is 13.8. The van der Waals surface area contributed by atoms with Crippen molar-refractivity contribution >= 4 is 22.4 Å². The van der Waals surface area contributed by atoms with Crippen molar-refractivity contribution in [3.05, 3.63) is 5.01 Å². The predicted octanol–water partition coefficient (Wildman–Crippen LogP) is 2.16. The monoisotopic (exact) mass is 294 g/mol. The lowest BCUT2D eigenvalue weighted by Crippen LogP contribution is -2.45. The van der Waals surface area contributed by atoms with Gasteiger partial charge < -0.3 is 10.2 Å². The highest BCUT2D eigenvalue weighted by molar-refractivity contribution is 7.15. The van der Waals surface area contributed by atoms with Crippen molar-refractivity contribution in [3.63, 3.8) is 0 Å². The number of piperidine rings is 1. The molecule has 1 aliphatic heterocycles. The van der Waals surface area contributed by atoms with E-state index in [1.165, 1.54) is 0 Å². The molecule has 0 unspecified atom stereocenters. The molecular weight excluding hydrogens is 272 g/mol. The van der Waals surface area contributed by atoms with Gasteiger partial charge in [-0.2, -0.15) is 0 Å². The van der Waals surface area contributed by atoms with Crippen molar-refractivity contribution in [2.24, 2.45) is 5.92 Å². The molecule has 0 atom stereocenters. The van der Waals surface area contributed by atoms with E-state index in [-0.39, 0.29) is 5.91 Å². The molecule has 110 valence electrons. The van der Waals surface area contributed by atoms with Gasteiger partial charge >= 0.3 is 0 Å². The molecule has 20 heavy (non-hydrogen) atoms. The minimum atomic E-state index is 0.265. The zero-order valence-corrected chi connectivity index (χ0v) is 12.9. The second-order valence-corrected chi connectivity index (χ2v) is 7.11. The average Bonchev–Trinajstić information content (AvgIpc) is 3.17. The first kappa shape index (κ1) is 13.8. The lowest BCUT2D eigenvalue weighted by molar-refractivity contribution is -0.123. The quantitative estimate of drug-likeness (QED) is 0.924. The fourth-order valence-electron chi connectivity index (χ4n) is 2.47. The van der Waals surface area contributed by atoms with E-state index in [1.807, 2.05) is 0 Å². The maximum absolute atomic E-state index is 11.8. The molecule has 1 N–H and O–H groups in total. The number of anilines is 1. The second kappa shape index (κ2) is 5.68. The van der Waals surface area contributed by atoms with E-state index >= 15 is 0 Å². The van der Waals surface area contributed by atoms with Gasteiger partial charge in [0.25, 0.3) is 0 Å². The molecule has 1 saturated heterocycles. The minimum absolute atomic E-state index is 0.265. The van der Waals surface area contributed by atoms with Gasteiger partial charge in [0, 0.05) is 31.0 Å². The van der Waals surface area contributed by atoms with Crippen LogP contribution in [0.3, 0.4) is 0 Å². The highest BCUT2D eigenvalue weighted by Gasteiger charge is 2.32. The van der Waals surface area contributed by atoms with Gasteiger partial charge in [-0.15, -0.1) is 10.2 Å². The molecule has 2 heterocycles. The van der Waals surface area contributed by atoms with Crippen LogP contribution in [0.15, 0.2) is 0 Å². The summed E-state index contributed by atoms with van der Waals surface area (Å²) in [7, 11) is 0. The number of rotatable bonds is 4. The molecule has 0 radical (unpaired) electrons. The maximum Gasteiger partial charge on any atom is 0.223 e. The second-order valence-electron chi connectivity index (χ2n) is 6.12. The first-order valence-corrected chi connectivity index (χ1v) is 8.34. The van der Waals surface area contributed by atoms with Crippen LogP contribution in [0.2, 0.25) is 0 Å². The van der Waals surface area contributed by atoms with Crippen LogP contribution in [0.1, 0.15) is 50.5 Å². The molecule has 1 aromatic rings. The topological polar surface area (TPSA) is 58.1 Å². The maximum atomic E-state index is 11.8. The number of nitrogens with zero attached hydrogens (tertiary/aromatic N) is 3. The molecule has 5 nitrogen and oxygen atoms in total. The van der Waals surface area contributed by atoms with Crippen molar-refractivity contribution < 1.29 is 4.79 Å². The van der Waals surface area contributed by atoms with Crippen molar-refractivity contribution in [2.45, 2.75) is 51.5 Å². The fraction of sp³-hybridized carbons (Fsp3) is 0.786. The Kier molecular flexibility index (Phi) is 3.92. The van der Waals surface area contributed by atoms with Crippen LogP contribution < -0.4 is 10.2 Å². The van der Waals surface area contributed by atoms with Crippen LogP contribution in [-0.2, 0) is 4.79 Å². The van der Waals surface area contributed by atoms with Crippen molar-refractivity contribution in [2.75, 3.05) is 18.0 Å². The minimum Gasteiger partial charge on any atom is -0.353 e. The number of carbonyl (C=O) groups excluding carboxylic acids is 1. The van der Waals surface area contributed by atoms with E-state index in [4.69, 9.17) is 0 Å². The Morgan fingerprint density at radius 3 is 2.50 bits per heavy atom. The Balaban J connectivity index is 1.50. The van der Waals surface area contributed by atoms with Crippen LogP contribution in [0.4, 0.5) is 5.13 Å². The molecule has 0 spiro atoms. The first-order valence-electron chi connectivity index (χ1n) is 7.52. The van der Waals surface area contributed by atoms with E-state index in [1.54, 1.807) is 11.3 Å². The van der Waals surface area contributed by atoms with Gasteiger partial charge in [0.2, 0.25) is 11.0 Å². The molecule has 1 aromatic heterocycles. The Hall–Kier alpha value is -1.17. The van der Waals surface area contributed by atoms with Gasteiger partial charge in [-0.25, -0.2) is 0 Å². The number of carbonyl (C=O) groups is 1. The standard InChI is InChI=1S/C14H22N4OS/c1-9(2)13-16-17-14(20-13)18-7-5-11(6-8-18)15-12(19)10-3-4-10/h9-11H,3-8H2,1-2H3,(H,15,19). The van der Waals surface area contributed by atoms with Gasteiger partial charge in [0.1, 0.15) is 5.01 Å². The van der Waals surface area contributed by atoms with Gasteiger partial charge in [0.15, 0.2) is 0 Å². The van der Waals surface area contributed by atoms with Crippen LogP contribution in [0.25, 0.3) is 0 Å². The number of hydrogen-bond donors (Lipinski definition) is 1. The van der Waals surface area contributed by atoms with Crippen LogP contribution in [-0.4, -0.2) is 35.2 Å². The third kappa shape index (κ3) is 3.11. The van der Waals surface area contributed by atoms with Crippen molar-refractivity contribution in [1.29, 1.82) is 0 Å². The van der Waals surface area contributed by atoms with E-state index in [9.17, 15) is 4.79 Å². The SMILES string of the molecule is CC(C)c1nnc(N2CCC(NC(=O)C3CC3)CC2)s1. The molecule has 0 bridgehead atoms. The first-order chi connectivity index (χ1) is 9.63. The average molecular weight is 294 g/mol. The highest BCUT2D eigenvalue weighted by Crippen LogP contribution is 2.30. The van der Waals surface area contributed by atoms with Crippen LogP contribution >= 0.6 is 11.3 Å². The number of aromatic nitrogens is 2. The summed E-state index contributed by atoms with van der Waals surface area (Å²) in [5.74, 6) is 1.02. The number of amides is 1. The summed E-state index contributed by atoms with van der Waals surface area (Å²) in [5.41, 5.74) is 0. The van der Waals surface area contributed by atoms with E-state index < -0.39 is 0 Å². The van der Waals surface area contributed by atoms with E-state index in [0.717, 1.165) is 48.9 Å². The summed E-state index contributed by atoms with van der Waals surface area (Å²) in [6.45, 7) is 6.21. The Labute approximate surface area is 123 Å². The predicted molar refractivity (Wildman–Crippen MR) is 80.1 cm³/mol. The molecular formula is C14H22N4OS. The van der Waals surface area contributed by atoms with Gasteiger partial charge in [-0.3, -0.25) is 4.79 Å². The highest BCUT2D eigenvalue weighted by atomic mass is 32.1. The summed E-state index contributed by atoms with van der Waals surface area (Å²) in [6, 6.07) is 0.344. The normalized spacial score (nSPS) is 20.4. The lowest BCUT2D eigenvalue weighted by atomic mass is 10.1. The van der Waals surface area contributed by atoms with Crippen molar-refractivity contribution in [3.8, 4) is 0 Å². The largest absolute Gasteiger partial charge is 0.353 e. The third-order valence-electron chi connectivity index (χ3n) is 3.98. The summed E-state index contributed by atoms with van der Waals surface area (Å²) in [4.78, 5) is 14.1. The van der Waals surface area contributed by atoms with E-state index in [2.05, 4.69) is 34.3 Å². The zero-order valence-electron chi connectivity index (χ0n) is 12.1. The molecule has 1 aliphatic carbocycles. The molecule has 1 saturated carbocycles. The Morgan fingerprint density at radius 1 is 1.25 bits per heavy atom. The summed E-state index contributed by atoms with van der Waals surface area (Å²) < 4.78 is 0. The Bertz CT molecular complexity index is 475. The van der Waals surface area contributed by atoms with E-state index in [0.29, 0.717) is 17.9 Å². The van der Waals surface area contributed by atoms with Crippen LogP contribution in [0, 0.1) is 5.92 Å². The number of nitrogens with one attached hydrogen (secondary N) is 1. The fourth-order valence-corrected chi connectivity index (χ4v) is 3.36. The van der Waals surface area contributed by atoms with Crippen molar-refractivity contribution in [1.82, 2.24) is 15.5 Å². The van der Waals surface area contributed by atoms with Gasteiger partial charge in [-0.05, 0) is 25.7 Å². The molecule has 3 rings (SSSR count). The Morgan fingerprint density at radius 2 is 1.95 bits per heavy atom. The van der Waals surface area contributed by atoms with Gasteiger partial charge in [0.05, 0.1) is 0 Å². The van der Waals surface area contributed by atoms with Gasteiger partial charge in [-0.1, -0.05) is 25.2 Å². The zero-order chi connectivity index (χ0) is 14.1. The van der Waals surface area contributed by atoms with Crippen LogP contribution in [0.5, 0.6) is 0 Å². The molecule has 1 amide bonds. The molecule has 6 heteroatoms. The molecule has 2 fully saturated rings. The smallest absolute Gasteiger partial charge is 0.223 e. The third-order valence-corrected chi connectivity index (χ3v) is 5.27.